The SMILES string of the molecule is CC1C=CC(CO)n2c(=O)n(-c3ccccc3)c(=O)n21. The highest BCUT2D eigenvalue weighted by Crippen LogP contribution is 2.17. The van der Waals surface area contributed by atoms with Crippen LogP contribution < -0.4 is 11.4 Å². The van der Waals surface area contributed by atoms with E-state index in [-0.39, 0.29) is 12.6 Å². The maximum atomic E-state index is 12.5. The lowest BCUT2D eigenvalue weighted by molar-refractivity contribution is 0.216. The van der Waals surface area contributed by atoms with Gasteiger partial charge >= 0.3 is 11.4 Å². The molecule has 20 heavy (non-hydrogen) atoms. The van der Waals surface area contributed by atoms with E-state index < -0.39 is 17.4 Å². The molecule has 104 valence electrons. The summed E-state index contributed by atoms with van der Waals surface area (Å²) in [5, 5.41) is 9.38. The van der Waals surface area contributed by atoms with Crippen LogP contribution in [-0.4, -0.2) is 25.6 Å². The third kappa shape index (κ3) is 1.69. The smallest absolute Gasteiger partial charge is 0.352 e. The van der Waals surface area contributed by atoms with Gasteiger partial charge in [-0.05, 0) is 19.1 Å². The van der Waals surface area contributed by atoms with Gasteiger partial charge in [-0.25, -0.2) is 23.5 Å². The van der Waals surface area contributed by atoms with Gasteiger partial charge in [-0.1, -0.05) is 30.4 Å². The van der Waals surface area contributed by atoms with Crippen LogP contribution >= 0.6 is 0 Å². The molecule has 1 aliphatic heterocycles. The highest BCUT2D eigenvalue weighted by Gasteiger charge is 2.26. The van der Waals surface area contributed by atoms with Crippen LogP contribution in [0.25, 0.3) is 5.69 Å². The van der Waals surface area contributed by atoms with Gasteiger partial charge in [0.25, 0.3) is 0 Å². The van der Waals surface area contributed by atoms with Gasteiger partial charge in [0, 0.05) is 0 Å². The Labute approximate surface area is 114 Å². The first-order chi connectivity index (χ1) is 9.65. The first-order valence-electron chi connectivity index (χ1n) is 6.46. The standard InChI is InChI=1S/C14H15N3O3/c1-10-7-8-12(9-18)17-14(20)15(13(19)16(10)17)11-5-3-2-4-6-11/h2-8,10,12,18H,9H2,1H3. The van der Waals surface area contributed by atoms with E-state index in [1.165, 1.54) is 9.36 Å². The maximum Gasteiger partial charge on any atom is 0.352 e. The molecule has 0 aliphatic carbocycles. The summed E-state index contributed by atoms with van der Waals surface area (Å²) in [7, 11) is 0. The Balaban J connectivity index is 2.32. The summed E-state index contributed by atoms with van der Waals surface area (Å²) >= 11 is 0. The van der Waals surface area contributed by atoms with Gasteiger partial charge in [0.1, 0.15) is 0 Å². The summed E-state index contributed by atoms with van der Waals surface area (Å²) < 4.78 is 3.84. The second-order valence-corrected chi connectivity index (χ2v) is 4.80. The minimum atomic E-state index is -0.503. The van der Waals surface area contributed by atoms with E-state index in [1.807, 2.05) is 19.1 Å². The Morgan fingerprint density at radius 1 is 1.05 bits per heavy atom. The third-order valence-corrected chi connectivity index (χ3v) is 3.52. The van der Waals surface area contributed by atoms with Crippen LogP contribution in [0.2, 0.25) is 0 Å². The Bertz CT molecular complexity index is 767. The predicted molar refractivity (Wildman–Crippen MR) is 74.3 cm³/mol. The number of allylic oxidation sites excluding steroid dienone is 1. The molecule has 3 rings (SSSR count). The molecule has 0 spiro atoms. The zero-order valence-corrected chi connectivity index (χ0v) is 11.0. The lowest BCUT2D eigenvalue weighted by Crippen LogP contribution is -2.35. The fourth-order valence-electron chi connectivity index (χ4n) is 2.53. The lowest BCUT2D eigenvalue weighted by Gasteiger charge is -2.23. The summed E-state index contributed by atoms with van der Waals surface area (Å²) in [6, 6.07) is 8.06. The summed E-state index contributed by atoms with van der Waals surface area (Å²) in [6.45, 7) is 1.61. The summed E-state index contributed by atoms with van der Waals surface area (Å²) in [5.74, 6) is 0. The van der Waals surface area contributed by atoms with Crippen molar-refractivity contribution in [3.05, 3.63) is 63.5 Å². The molecule has 0 radical (unpaired) electrons. The number of hydrogen-bond donors (Lipinski definition) is 1. The number of aliphatic hydroxyl groups is 1. The molecule has 1 aromatic heterocycles. The van der Waals surface area contributed by atoms with Crippen LogP contribution in [0.15, 0.2) is 52.1 Å². The maximum absolute atomic E-state index is 12.5. The molecule has 6 heteroatoms. The van der Waals surface area contributed by atoms with Gasteiger partial charge in [0.2, 0.25) is 0 Å². The van der Waals surface area contributed by atoms with E-state index in [0.717, 1.165) is 4.57 Å². The molecule has 0 bridgehead atoms. The van der Waals surface area contributed by atoms with Crippen LogP contribution in [0.3, 0.4) is 0 Å². The molecule has 2 aromatic rings. The molecule has 1 aliphatic rings. The van der Waals surface area contributed by atoms with E-state index >= 15 is 0 Å². The fraction of sp³-hybridized carbons (Fsp3) is 0.286. The second-order valence-electron chi connectivity index (χ2n) is 4.80. The number of nitrogens with zero attached hydrogens (tertiary/aromatic N) is 3. The van der Waals surface area contributed by atoms with Crippen molar-refractivity contribution in [2.45, 2.75) is 19.0 Å². The van der Waals surface area contributed by atoms with Crippen molar-refractivity contribution in [3.8, 4) is 5.69 Å². The number of para-hydroxylation sites is 1. The van der Waals surface area contributed by atoms with Crippen LogP contribution in [0.4, 0.5) is 0 Å². The first-order valence-corrected chi connectivity index (χ1v) is 6.46. The minimum absolute atomic E-state index is 0.219. The number of rotatable bonds is 2. The largest absolute Gasteiger partial charge is 0.394 e. The molecular weight excluding hydrogens is 258 g/mol. The summed E-state index contributed by atoms with van der Waals surface area (Å²) in [4.78, 5) is 25.0. The van der Waals surface area contributed by atoms with Crippen molar-refractivity contribution in [3.63, 3.8) is 0 Å². The van der Waals surface area contributed by atoms with Gasteiger partial charge in [-0.2, -0.15) is 0 Å². The zero-order chi connectivity index (χ0) is 14.3. The van der Waals surface area contributed by atoms with Gasteiger partial charge in [-0.3, -0.25) is 0 Å². The van der Waals surface area contributed by atoms with E-state index in [1.54, 1.807) is 30.3 Å². The normalized spacial score (nSPS) is 20.9. The number of fused-ring (bicyclic) bond motifs is 1. The van der Waals surface area contributed by atoms with Crippen molar-refractivity contribution in [2.24, 2.45) is 0 Å². The van der Waals surface area contributed by atoms with Crippen LogP contribution in [0.1, 0.15) is 19.0 Å². The Hall–Kier alpha value is -2.34. The van der Waals surface area contributed by atoms with Crippen molar-refractivity contribution >= 4 is 0 Å². The molecule has 1 N–H and O–H groups in total. The molecule has 2 atom stereocenters. The van der Waals surface area contributed by atoms with E-state index in [4.69, 9.17) is 0 Å². The Morgan fingerprint density at radius 3 is 2.35 bits per heavy atom. The van der Waals surface area contributed by atoms with E-state index in [0.29, 0.717) is 5.69 Å². The average molecular weight is 273 g/mol. The average Bonchev–Trinajstić information content (AvgIpc) is 2.73. The number of benzene rings is 1. The monoisotopic (exact) mass is 273 g/mol. The highest BCUT2D eigenvalue weighted by atomic mass is 16.3. The molecule has 2 heterocycles. The second kappa shape index (κ2) is 4.64. The molecule has 0 saturated carbocycles. The zero-order valence-electron chi connectivity index (χ0n) is 11.0. The summed E-state index contributed by atoms with van der Waals surface area (Å²) in [6.07, 6.45) is 3.57. The van der Waals surface area contributed by atoms with E-state index in [2.05, 4.69) is 0 Å². The Morgan fingerprint density at radius 2 is 1.70 bits per heavy atom. The van der Waals surface area contributed by atoms with Crippen LogP contribution in [-0.2, 0) is 0 Å². The van der Waals surface area contributed by atoms with Crippen molar-refractivity contribution in [1.82, 2.24) is 13.9 Å². The quantitative estimate of drug-likeness (QED) is 0.808. The topological polar surface area (TPSA) is 69.2 Å². The molecule has 0 fully saturated rings. The molecule has 0 saturated heterocycles. The third-order valence-electron chi connectivity index (χ3n) is 3.52. The van der Waals surface area contributed by atoms with Gasteiger partial charge in [-0.15, -0.1) is 0 Å². The van der Waals surface area contributed by atoms with Gasteiger partial charge in [0.05, 0.1) is 24.4 Å². The van der Waals surface area contributed by atoms with Crippen LogP contribution in [0, 0.1) is 0 Å². The molecule has 0 amide bonds. The van der Waals surface area contributed by atoms with Crippen molar-refractivity contribution in [2.75, 3.05) is 6.61 Å². The van der Waals surface area contributed by atoms with Gasteiger partial charge < -0.3 is 5.11 Å². The summed E-state index contributed by atoms with van der Waals surface area (Å²) in [5.41, 5.74) is -0.297. The number of hydrogen-bond acceptors (Lipinski definition) is 3. The lowest BCUT2D eigenvalue weighted by atomic mass is 10.2. The van der Waals surface area contributed by atoms with Gasteiger partial charge in [0.15, 0.2) is 0 Å². The van der Waals surface area contributed by atoms with Crippen molar-refractivity contribution < 1.29 is 5.11 Å². The first kappa shape index (κ1) is 12.7. The molecule has 2 unspecified atom stereocenters. The fourth-order valence-corrected chi connectivity index (χ4v) is 2.53. The molecular formula is C14H15N3O3. The molecule has 1 aromatic carbocycles. The predicted octanol–water partition coefficient (Wildman–Crippen LogP) is 0.465. The molecule has 6 nitrogen and oxygen atoms in total. The number of aromatic nitrogens is 3. The van der Waals surface area contributed by atoms with Crippen molar-refractivity contribution in [1.29, 1.82) is 0 Å². The van der Waals surface area contributed by atoms with E-state index in [9.17, 15) is 14.7 Å². The Kier molecular flexibility index (Phi) is 2.94. The number of aliphatic hydroxyl groups excluding tert-OH is 1. The van der Waals surface area contributed by atoms with Crippen LogP contribution in [0.5, 0.6) is 0 Å². The highest BCUT2D eigenvalue weighted by molar-refractivity contribution is 5.30. The minimum Gasteiger partial charge on any atom is -0.394 e.